The molecule has 0 radical (unpaired) electrons. The van der Waals surface area contributed by atoms with Crippen molar-refractivity contribution < 1.29 is 19.1 Å². The summed E-state index contributed by atoms with van der Waals surface area (Å²) in [4.78, 5) is 42.1. The Labute approximate surface area is 186 Å². The molecule has 0 aliphatic carbocycles. The molecule has 3 rings (SSSR count). The molecule has 8 heteroatoms. The van der Waals surface area contributed by atoms with Crippen LogP contribution in [0, 0.1) is 12.8 Å². The van der Waals surface area contributed by atoms with Crippen LogP contribution >= 0.6 is 0 Å². The minimum absolute atomic E-state index is 0.166. The molecule has 1 aromatic carbocycles. The van der Waals surface area contributed by atoms with E-state index in [1.54, 1.807) is 36.5 Å². The minimum Gasteiger partial charge on any atom is -0.494 e. The van der Waals surface area contributed by atoms with Crippen LogP contribution in [0.15, 0.2) is 53.5 Å². The Balaban J connectivity index is 1.69. The lowest BCUT2D eigenvalue weighted by Crippen LogP contribution is -2.45. The van der Waals surface area contributed by atoms with Gasteiger partial charge in [0.15, 0.2) is 0 Å². The molecule has 2 heterocycles. The van der Waals surface area contributed by atoms with Gasteiger partial charge in [0.05, 0.1) is 12.3 Å². The van der Waals surface area contributed by atoms with Gasteiger partial charge < -0.3 is 14.8 Å². The molecule has 2 aromatic heterocycles. The number of pyridine rings is 1. The number of carbonyl (C=O) groups is 2. The Hall–Kier alpha value is -3.68. The van der Waals surface area contributed by atoms with E-state index in [1.165, 1.54) is 10.5 Å². The van der Waals surface area contributed by atoms with E-state index in [4.69, 9.17) is 9.47 Å². The lowest BCUT2D eigenvalue weighted by Gasteiger charge is -2.21. The molecule has 0 unspecified atom stereocenters. The predicted octanol–water partition coefficient (Wildman–Crippen LogP) is 2.90. The summed E-state index contributed by atoms with van der Waals surface area (Å²) in [5.74, 6) is -0.517. The van der Waals surface area contributed by atoms with Gasteiger partial charge in [-0.2, -0.15) is 0 Å². The van der Waals surface area contributed by atoms with Crippen LogP contribution < -0.4 is 15.6 Å². The molecule has 0 spiro atoms. The van der Waals surface area contributed by atoms with E-state index in [9.17, 15) is 14.4 Å². The molecule has 1 atom stereocenters. The number of amides is 1. The Morgan fingerprint density at radius 1 is 1.16 bits per heavy atom. The Morgan fingerprint density at radius 3 is 2.53 bits per heavy atom. The number of benzene rings is 1. The zero-order valence-corrected chi connectivity index (χ0v) is 18.6. The maximum Gasteiger partial charge on any atom is 0.329 e. The van der Waals surface area contributed by atoms with Crippen molar-refractivity contribution >= 4 is 17.5 Å². The first kappa shape index (κ1) is 23.0. The third-order valence-corrected chi connectivity index (χ3v) is 4.94. The van der Waals surface area contributed by atoms with Crippen molar-refractivity contribution in [3.63, 3.8) is 0 Å². The van der Waals surface area contributed by atoms with E-state index < -0.39 is 12.0 Å². The molecule has 1 N–H and O–H groups in total. The molecule has 0 fully saturated rings. The maximum atomic E-state index is 12.7. The number of nitrogens with one attached hydrogen (secondary N) is 1. The average Bonchev–Trinajstić information content (AvgIpc) is 2.77. The van der Waals surface area contributed by atoms with Crippen molar-refractivity contribution in [2.24, 2.45) is 5.92 Å². The number of ether oxygens (including phenoxy) is 2. The van der Waals surface area contributed by atoms with Gasteiger partial charge in [-0.15, -0.1) is 0 Å². The Kier molecular flexibility index (Phi) is 7.25. The molecule has 3 aromatic rings. The van der Waals surface area contributed by atoms with Crippen molar-refractivity contribution in [3.05, 3.63) is 75.8 Å². The predicted molar refractivity (Wildman–Crippen MR) is 120 cm³/mol. The van der Waals surface area contributed by atoms with Crippen LogP contribution in [0.5, 0.6) is 5.75 Å². The number of rotatable bonds is 8. The van der Waals surface area contributed by atoms with E-state index >= 15 is 0 Å². The van der Waals surface area contributed by atoms with Gasteiger partial charge in [0.1, 0.15) is 24.0 Å². The lowest BCUT2D eigenvalue weighted by molar-refractivity contribution is -0.148. The van der Waals surface area contributed by atoms with Crippen molar-refractivity contribution in [2.45, 2.75) is 40.3 Å². The first-order chi connectivity index (χ1) is 15.3. The molecule has 0 bridgehead atoms. The van der Waals surface area contributed by atoms with Gasteiger partial charge in [-0.1, -0.05) is 19.9 Å². The highest BCUT2D eigenvalue weighted by molar-refractivity contribution is 5.96. The zero-order valence-electron chi connectivity index (χ0n) is 18.6. The third-order valence-electron chi connectivity index (χ3n) is 4.94. The van der Waals surface area contributed by atoms with Gasteiger partial charge in [-0.3, -0.25) is 14.0 Å². The summed E-state index contributed by atoms with van der Waals surface area (Å²) < 4.78 is 12.2. The molecular weight excluding hydrogens is 410 g/mol. The van der Waals surface area contributed by atoms with Crippen molar-refractivity contribution in [3.8, 4) is 5.75 Å². The van der Waals surface area contributed by atoms with E-state index in [1.807, 2.05) is 33.8 Å². The average molecular weight is 437 g/mol. The van der Waals surface area contributed by atoms with Crippen LogP contribution in [-0.4, -0.2) is 33.9 Å². The second-order valence-electron chi connectivity index (χ2n) is 7.73. The van der Waals surface area contributed by atoms with Crippen molar-refractivity contribution in [1.29, 1.82) is 0 Å². The normalized spacial score (nSPS) is 11.9. The third kappa shape index (κ3) is 5.32. The highest BCUT2D eigenvalue weighted by atomic mass is 16.5. The molecular formula is C24H27N3O5. The van der Waals surface area contributed by atoms with E-state index in [0.717, 1.165) is 5.56 Å². The summed E-state index contributed by atoms with van der Waals surface area (Å²) in [7, 11) is 0. The number of hydrogen-bond donors (Lipinski definition) is 1. The van der Waals surface area contributed by atoms with Crippen LogP contribution in [0.1, 0.15) is 42.4 Å². The second kappa shape index (κ2) is 10.1. The Bertz CT molecular complexity index is 1170. The number of aromatic nitrogens is 2. The van der Waals surface area contributed by atoms with E-state index in [0.29, 0.717) is 29.3 Å². The fraction of sp³-hybridized carbons (Fsp3) is 0.333. The molecule has 0 saturated carbocycles. The minimum atomic E-state index is -0.850. The summed E-state index contributed by atoms with van der Waals surface area (Å²) in [5.41, 5.74) is 1.84. The van der Waals surface area contributed by atoms with Gasteiger partial charge in [0, 0.05) is 17.8 Å². The van der Waals surface area contributed by atoms with Gasteiger partial charge >= 0.3 is 5.97 Å². The van der Waals surface area contributed by atoms with Crippen LogP contribution in [0.25, 0.3) is 5.65 Å². The smallest absolute Gasteiger partial charge is 0.329 e. The summed E-state index contributed by atoms with van der Waals surface area (Å²) in [6.07, 6.45) is 1.64. The second-order valence-corrected chi connectivity index (χ2v) is 7.73. The van der Waals surface area contributed by atoms with Crippen LogP contribution in [0.2, 0.25) is 0 Å². The molecule has 0 saturated heterocycles. The van der Waals surface area contributed by atoms with Crippen molar-refractivity contribution in [1.82, 2.24) is 14.7 Å². The number of fused-ring (bicyclic) bond motifs is 1. The molecule has 8 nitrogen and oxygen atoms in total. The maximum absolute atomic E-state index is 12.7. The zero-order chi connectivity index (χ0) is 23.3. The van der Waals surface area contributed by atoms with Gasteiger partial charge in [-0.05, 0) is 55.7 Å². The van der Waals surface area contributed by atoms with Crippen molar-refractivity contribution in [2.75, 3.05) is 6.61 Å². The highest BCUT2D eigenvalue weighted by Crippen LogP contribution is 2.14. The number of nitrogens with zero attached hydrogens (tertiary/aromatic N) is 2. The lowest BCUT2D eigenvalue weighted by atomic mass is 10.0. The molecule has 0 aliphatic rings. The van der Waals surface area contributed by atoms with E-state index in [2.05, 4.69) is 10.3 Å². The van der Waals surface area contributed by atoms with Crippen LogP contribution in [-0.2, 0) is 16.1 Å². The van der Waals surface area contributed by atoms with Gasteiger partial charge in [0.2, 0.25) is 0 Å². The number of aryl methyl sites for hydroxylation is 1. The summed E-state index contributed by atoms with van der Waals surface area (Å²) >= 11 is 0. The fourth-order valence-electron chi connectivity index (χ4n) is 3.21. The van der Waals surface area contributed by atoms with Crippen LogP contribution in [0.3, 0.4) is 0 Å². The van der Waals surface area contributed by atoms with Gasteiger partial charge in [0.25, 0.3) is 11.5 Å². The number of hydrogen-bond acceptors (Lipinski definition) is 6. The quantitative estimate of drug-likeness (QED) is 0.544. The van der Waals surface area contributed by atoms with Crippen LogP contribution in [0.4, 0.5) is 0 Å². The Morgan fingerprint density at radius 2 is 1.88 bits per heavy atom. The topological polar surface area (TPSA) is 99.0 Å². The molecule has 32 heavy (non-hydrogen) atoms. The summed E-state index contributed by atoms with van der Waals surface area (Å²) in [5, 5.41) is 2.73. The number of carbonyl (C=O) groups excluding carboxylic acids is 2. The fourth-order valence-corrected chi connectivity index (χ4v) is 3.21. The first-order valence-corrected chi connectivity index (χ1v) is 10.5. The summed E-state index contributed by atoms with van der Waals surface area (Å²) in [6, 6.07) is 10.8. The molecule has 1 amide bonds. The highest BCUT2D eigenvalue weighted by Gasteiger charge is 2.26. The van der Waals surface area contributed by atoms with Gasteiger partial charge in [-0.25, -0.2) is 9.78 Å². The largest absolute Gasteiger partial charge is 0.494 e. The van der Waals surface area contributed by atoms with E-state index in [-0.39, 0.29) is 24.0 Å². The SMILES string of the molecule is CCOc1ccc(C(=O)N[C@H](C(=O)OCc2cc(=O)n3cccc(C)c3n2)C(C)C)cc1. The molecule has 0 aliphatic heterocycles. The molecule has 168 valence electrons. The monoisotopic (exact) mass is 437 g/mol. The number of esters is 1. The standard InChI is InChI=1S/C24H27N3O5/c1-5-31-19-10-8-17(9-11-19)23(29)26-21(15(2)3)24(30)32-14-18-13-20(28)27-12-6-7-16(4)22(27)25-18/h6-13,15,21H,5,14H2,1-4H3,(H,26,29)/t21-/m0/s1. The summed E-state index contributed by atoms with van der Waals surface area (Å²) in [6.45, 7) is 7.72. The first-order valence-electron chi connectivity index (χ1n) is 10.5.